The molecule has 4 heteroatoms. The van der Waals surface area contributed by atoms with Gasteiger partial charge < -0.3 is 19.6 Å². The van der Waals surface area contributed by atoms with E-state index in [0.717, 1.165) is 56.6 Å². The predicted octanol–water partition coefficient (Wildman–Crippen LogP) is 10.9. The Morgan fingerprint density at radius 2 is 0.761 bits per heavy atom. The molecule has 0 atom stereocenters. The van der Waals surface area contributed by atoms with Crippen LogP contribution in [0.15, 0.2) is 146 Å². The van der Waals surface area contributed by atoms with E-state index >= 15 is 0 Å². The number of aliphatic hydroxyl groups excluding tert-OH is 1. The Kier molecular flexibility index (Phi) is 9.28. The van der Waals surface area contributed by atoms with Crippen molar-refractivity contribution >= 4 is 46.3 Å². The third-order valence-electron chi connectivity index (χ3n) is 8.06. The average Bonchev–Trinajstić information content (AvgIpc) is 3.11. The molecule has 0 saturated carbocycles. The molecule has 0 aromatic heterocycles. The van der Waals surface area contributed by atoms with Crippen molar-refractivity contribution in [1.29, 1.82) is 0 Å². The molecule has 0 saturated heterocycles. The first kappa shape index (κ1) is 30.4. The standard InChI is InChI=1S/C42H38N2O2/c1-31-4-16-36(17-5-31)43(40-24-14-35(30-45)15-25-40)38-20-10-33(11-21-38)8-9-34-12-22-39(23-13-34)44(37-18-6-32(2)7-19-37)41-26-28-42(46-3)29-27-41/h4-29,45H,30H2,1-3H3. The molecule has 0 radical (unpaired) electrons. The van der Waals surface area contributed by atoms with Crippen LogP contribution in [0.5, 0.6) is 5.75 Å². The monoisotopic (exact) mass is 602 g/mol. The molecule has 0 amide bonds. The smallest absolute Gasteiger partial charge is 0.119 e. The Morgan fingerprint density at radius 1 is 0.457 bits per heavy atom. The zero-order valence-corrected chi connectivity index (χ0v) is 26.5. The fourth-order valence-electron chi connectivity index (χ4n) is 5.43. The third-order valence-corrected chi connectivity index (χ3v) is 8.06. The number of aliphatic hydroxyl groups is 1. The van der Waals surface area contributed by atoms with E-state index in [9.17, 15) is 5.11 Å². The first-order valence-electron chi connectivity index (χ1n) is 15.5. The van der Waals surface area contributed by atoms with Gasteiger partial charge in [0.2, 0.25) is 0 Å². The number of anilines is 6. The summed E-state index contributed by atoms with van der Waals surface area (Å²) >= 11 is 0. The molecule has 0 bridgehead atoms. The molecule has 0 fully saturated rings. The summed E-state index contributed by atoms with van der Waals surface area (Å²) in [6.45, 7) is 4.23. The Labute approximate surface area is 272 Å². The summed E-state index contributed by atoms with van der Waals surface area (Å²) in [4.78, 5) is 4.48. The van der Waals surface area contributed by atoms with Crippen LogP contribution in [0.4, 0.5) is 34.1 Å². The van der Waals surface area contributed by atoms with E-state index in [2.05, 4.69) is 157 Å². The number of aryl methyl sites for hydroxylation is 2. The lowest BCUT2D eigenvalue weighted by Gasteiger charge is -2.26. The van der Waals surface area contributed by atoms with Gasteiger partial charge >= 0.3 is 0 Å². The van der Waals surface area contributed by atoms with Gasteiger partial charge in [0.1, 0.15) is 5.75 Å². The van der Waals surface area contributed by atoms with Crippen molar-refractivity contribution in [1.82, 2.24) is 0 Å². The fourth-order valence-corrected chi connectivity index (χ4v) is 5.43. The van der Waals surface area contributed by atoms with Crippen molar-refractivity contribution in [2.45, 2.75) is 20.5 Å². The normalized spacial score (nSPS) is 11.0. The van der Waals surface area contributed by atoms with E-state index in [1.165, 1.54) is 11.1 Å². The highest BCUT2D eigenvalue weighted by molar-refractivity contribution is 5.80. The zero-order chi connectivity index (χ0) is 31.9. The number of methoxy groups -OCH3 is 1. The van der Waals surface area contributed by atoms with Crippen LogP contribution in [0.25, 0.3) is 12.2 Å². The molecular weight excluding hydrogens is 564 g/mol. The Hall–Kier alpha value is -5.58. The van der Waals surface area contributed by atoms with Crippen LogP contribution in [0.2, 0.25) is 0 Å². The summed E-state index contributed by atoms with van der Waals surface area (Å²) in [7, 11) is 1.69. The van der Waals surface area contributed by atoms with Crippen LogP contribution in [0.3, 0.4) is 0 Å². The molecule has 6 aromatic rings. The molecule has 228 valence electrons. The quantitative estimate of drug-likeness (QED) is 0.158. The molecule has 0 aliphatic carbocycles. The highest BCUT2D eigenvalue weighted by Gasteiger charge is 2.14. The van der Waals surface area contributed by atoms with Crippen molar-refractivity contribution in [2.24, 2.45) is 0 Å². The summed E-state index contributed by atoms with van der Waals surface area (Å²) in [6.07, 6.45) is 4.29. The first-order valence-corrected chi connectivity index (χ1v) is 15.5. The second-order valence-electron chi connectivity index (χ2n) is 11.4. The lowest BCUT2D eigenvalue weighted by atomic mass is 10.1. The SMILES string of the molecule is COc1ccc(N(c2ccc(C)cc2)c2ccc(C=Cc3ccc(N(c4ccc(C)cc4)c4ccc(CO)cc4)cc3)cc2)cc1. The van der Waals surface area contributed by atoms with E-state index < -0.39 is 0 Å². The molecule has 0 aliphatic heterocycles. The van der Waals surface area contributed by atoms with Gasteiger partial charge in [-0.1, -0.05) is 83.9 Å². The van der Waals surface area contributed by atoms with E-state index in [0.29, 0.717) is 0 Å². The molecule has 0 spiro atoms. The summed E-state index contributed by atoms with van der Waals surface area (Å²) in [5, 5.41) is 9.53. The van der Waals surface area contributed by atoms with Crippen molar-refractivity contribution in [2.75, 3.05) is 16.9 Å². The first-order chi connectivity index (χ1) is 22.5. The fraction of sp³-hybridized carbons (Fsp3) is 0.0952. The second-order valence-corrected chi connectivity index (χ2v) is 11.4. The minimum atomic E-state index is 0.0300. The molecule has 4 nitrogen and oxygen atoms in total. The van der Waals surface area contributed by atoms with Crippen molar-refractivity contribution in [3.05, 3.63) is 173 Å². The molecule has 1 N–H and O–H groups in total. The van der Waals surface area contributed by atoms with Crippen molar-refractivity contribution in [3.63, 3.8) is 0 Å². The minimum absolute atomic E-state index is 0.0300. The molecular formula is C42H38N2O2. The number of benzene rings is 6. The van der Waals surface area contributed by atoms with Gasteiger partial charge in [-0.15, -0.1) is 0 Å². The number of hydrogen-bond donors (Lipinski definition) is 1. The van der Waals surface area contributed by atoms with Gasteiger partial charge in [0, 0.05) is 34.1 Å². The third kappa shape index (κ3) is 7.04. The van der Waals surface area contributed by atoms with Gasteiger partial charge in [0.15, 0.2) is 0 Å². The molecule has 0 unspecified atom stereocenters. The van der Waals surface area contributed by atoms with Gasteiger partial charge in [-0.25, -0.2) is 0 Å². The molecule has 6 aromatic carbocycles. The maximum atomic E-state index is 9.53. The highest BCUT2D eigenvalue weighted by atomic mass is 16.5. The Balaban J connectivity index is 1.23. The lowest BCUT2D eigenvalue weighted by molar-refractivity contribution is 0.282. The predicted molar refractivity (Wildman–Crippen MR) is 193 cm³/mol. The van der Waals surface area contributed by atoms with Crippen LogP contribution in [-0.4, -0.2) is 12.2 Å². The van der Waals surface area contributed by atoms with Crippen LogP contribution in [0.1, 0.15) is 27.8 Å². The molecule has 0 aliphatic rings. The largest absolute Gasteiger partial charge is 0.497 e. The van der Waals surface area contributed by atoms with Crippen LogP contribution in [0, 0.1) is 13.8 Å². The Morgan fingerprint density at radius 3 is 1.09 bits per heavy atom. The molecule has 6 rings (SSSR count). The van der Waals surface area contributed by atoms with Gasteiger partial charge in [-0.2, -0.15) is 0 Å². The zero-order valence-electron chi connectivity index (χ0n) is 26.5. The minimum Gasteiger partial charge on any atom is -0.497 e. The maximum Gasteiger partial charge on any atom is 0.119 e. The molecule has 0 heterocycles. The maximum absolute atomic E-state index is 9.53. The van der Waals surface area contributed by atoms with E-state index in [1.807, 2.05) is 24.3 Å². The Bertz CT molecular complexity index is 1730. The summed E-state index contributed by atoms with van der Waals surface area (Å²) in [6, 6.07) is 50.5. The van der Waals surface area contributed by atoms with Crippen LogP contribution in [-0.2, 0) is 6.61 Å². The van der Waals surface area contributed by atoms with E-state index in [4.69, 9.17) is 4.74 Å². The summed E-state index contributed by atoms with van der Waals surface area (Å²) in [5.74, 6) is 0.834. The number of hydrogen-bond acceptors (Lipinski definition) is 4. The van der Waals surface area contributed by atoms with Gasteiger partial charge in [-0.3, -0.25) is 0 Å². The average molecular weight is 603 g/mol. The summed E-state index contributed by atoms with van der Waals surface area (Å²) in [5.41, 5.74) is 12.0. The van der Waals surface area contributed by atoms with Crippen molar-refractivity contribution < 1.29 is 9.84 Å². The number of ether oxygens (including phenoxy) is 1. The second kappa shape index (κ2) is 14.0. The van der Waals surface area contributed by atoms with Gasteiger partial charge in [0.25, 0.3) is 0 Å². The van der Waals surface area contributed by atoms with Gasteiger partial charge in [0.05, 0.1) is 13.7 Å². The topological polar surface area (TPSA) is 35.9 Å². The number of nitrogens with zero attached hydrogens (tertiary/aromatic N) is 2. The highest BCUT2D eigenvalue weighted by Crippen LogP contribution is 2.37. The van der Waals surface area contributed by atoms with Crippen molar-refractivity contribution in [3.8, 4) is 5.75 Å². The number of rotatable bonds is 10. The van der Waals surface area contributed by atoms with Crippen LogP contribution >= 0.6 is 0 Å². The lowest BCUT2D eigenvalue weighted by Crippen LogP contribution is -2.10. The molecule has 46 heavy (non-hydrogen) atoms. The van der Waals surface area contributed by atoms with E-state index in [1.54, 1.807) is 7.11 Å². The van der Waals surface area contributed by atoms with Gasteiger partial charge in [-0.05, 0) is 115 Å². The van der Waals surface area contributed by atoms with Crippen LogP contribution < -0.4 is 14.5 Å². The van der Waals surface area contributed by atoms with E-state index in [-0.39, 0.29) is 6.61 Å². The summed E-state index contributed by atoms with van der Waals surface area (Å²) < 4.78 is 5.39.